The summed E-state index contributed by atoms with van der Waals surface area (Å²) in [5.41, 5.74) is 4.39. The zero-order valence-electron chi connectivity index (χ0n) is 12.3. The van der Waals surface area contributed by atoms with Crippen molar-refractivity contribution in [1.82, 2.24) is 5.32 Å². The van der Waals surface area contributed by atoms with Crippen LogP contribution in [-0.4, -0.2) is 19.6 Å². The quantitative estimate of drug-likeness (QED) is 0.891. The van der Waals surface area contributed by atoms with E-state index in [1.807, 2.05) is 0 Å². The summed E-state index contributed by atoms with van der Waals surface area (Å²) in [6, 6.07) is 7.64. The van der Waals surface area contributed by atoms with Gasteiger partial charge in [-0.2, -0.15) is 0 Å². The summed E-state index contributed by atoms with van der Waals surface area (Å²) in [6.45, 7) is 4.55. The van der Waals surface area contributed by atoms with Gasteiger partial charge in [-0.25, -0.2) is 0 Å². The highest BCUT2D eigenvalue weighted by atomic mass is 15.1. The Kier molecular flexibility index (Phi) is 3.79. The standard InChI is InChI=1S/C17H26N2/c1-13(15-5-3-4-6-15)18-12-14-7-8-17-16(11-14)9-10-19(17)2/h7-8,11,13,15,18H,3-6,9-10,12H2,1-2H3/t13-/m0/s1. The van der Waals surface area contributed by atoms with Gasteiger partial charge in [-0.3, -0.25) is 0 Å². The van der Waals surface area contributed by atoms with Crippen molar-refractivity contribution in [3.8, 4) is 0 Å². The number of anilines is 1. The fourth-order valence-corrected chi connectivity index (χ4v) is 3.63. The zero-order chi connectivity index (χ0) is 13.2. The smallest absolute Gasteiger partial charge is 0.0397 e. The van der Waals surface area contributed by atoms with Crippen LogP contribution in [0.1, 0.15) is 43.7 Å². The van der Waals surface area contributed by atoms with Gasteiger partial charge < -0.3 is 10.2 Å². The van der Waals surface area contributed by atoms with Crippen molar-refractivity contribution in [3.05, 3.63) is 29.3 Å². The van der Waals surface area contributed by atoms with Crippen LogP contribution in [0, 0.1) is 5.92 Å². The molecule has 2 heteroatoms. The van der Waals surface area contributed by atoms with E-state index in [1.165, 1.54) is 55.5 Å². The molecule has 2 nitrogen and oxygen atoms in total. The monoisotopic (exact) mass is 258 g/mol. The molecule has 1 aliphatic carbocycles. The molecular weight excluding hydrogens is 232 g/mol. The predicted molar refractivity (Wildman–Crippen MR) is 81.7 cm³/mol. The van der Waals surface area contributed by atoms with Crippen molar-refractivity contribution in [2.45, 2.75) is 51.6 Å². The second-order valence-electron chi connectivity index (χ2n) is 6.35. The SMILES string of the molecule is C[C@H](NCc1ccc2c(c1)CCN2C)C1CCCC1. The number of hydrogen-bond acceptors (Lipinski definition) is 2. The molecule has 0 amide bonds. The van der Waals surface area contributed by atoms with Crippen molar-refractivity contribution in [3.63, 3.8) is 0 Å². The Morgan fingerprint density at radius 3 is 2.89 bits per heavy atom. The van der Waals surface area contributed by atoms with Crippen molar-refractivity contribution in [1.29, 1.82) is 0 Å². The Balaban J connectivity index is 1.58. The van der Waals surface area contributed by atoms with Gasteiger partial charge in [0, 0.05) is 31.9 Å². The highest BCUT2D eigenvalue weighted by molar-refractivity contribution is 5.58. The predicted octanol–water partition coefficient (Wildman–Crippen LogP) is 3.35. The normalized spacial score (nSPS) is 20.8. The molecule has 0 bridgehead atoms. The number of rotatable bonds is 4. The maximum Gasteiger partial charge on any atom is 0.0397 e. The highest BCUT2D eigenvalue weighted by Crippen LogP contribution is 2.29. The highest BCUT2D eigenvalue weighted by Gasteiger charge is 2.21. The van der Waals surface area contributed by atoms with Crippen LogP contribution in [0.4, 0.5) is 5.69 Å². The maximum atomic E-state index is 3.73. The number of hydrogen-bond donors (Lipinski definition) is 1. The molecule has 0 saturated heterocycles. The summed E-state index contributed by atoms with van der Waals surface area (Å²) in [6.07, 6.45) is 6.91. The molecule has 1 N–H and O–H groups in total. The fourth-order valence-electron chi connectivity index (χ4n) is 3.63. The summed E-state index contributed by atoms with van der Waals surface area (Å²) >= 11 is 0. The van der Waals surface area contributed by atoms with E-state index >= 15 is 0 Å². The first-order valence-corrected chi connectivity index (χ1v) is 7.80. The van der Waals surface area contributed by atoms with E-state index in [9.17, 15) is 0 Å². The van der Waals surface area contributed by atoms with E-state index in [-0.39, 0.29) is 0 Å². The van der Waals surface area contributed by atoms with Crippen LogP contribution in [0.3, 0.4) is 0 Å². The first-order chi connectivity index (χ1) is 9.24. The van der Waals surface area contributed by atoms with E-state index in [0.29, 0.717) is 6.04 Å². The third-order valence-corrected chi connectivity index (χ3v) is 5.01. The van der Waals surface area contributed by atoms with E-state index in [1.54, 1.807) is 0 Å². The molecule has 1 aromatic carbocycles. The molecule has 0 unspecified atom stereocenters. The molecule has 0 aromatic heterocycles. The minimum absolute atomic E-state index is 0.665. The first-order valence-electron chi connectivity index (χ1n) is 7.80. The van der Waals surface area contributed by atoms with Gasteiger partial charge in [0.25, 0.3) is 0 Å². The fraction of sp³-hybridized carbons (Fsp3) is 0.647. The van der Waals surface area contributed by atoms with Crippen molar-refractivity contribution in [2.24, 2.45) is 5.92 Å². The Bertz CT molecular complexity index is 435. The molecule has 3 rings (SSSR count). The summed E-state index contributed by atoms with van der Waals surface area (Å²) < 4.78 is 0. The maximum absolute atomic E-state index is 3.73. The average molecular weight is 258 g/mol. The zero-order valence-corrected chi connectivity index (χ0v) is 12.3. The van der Waals surface area contributed by atoms with Gasteiger partial charge in [0.15, 0.2) is 0 Å². The lowest BCUT2D eigenvalue weighted by atomic mass is 9.99. The minimum Gasteiger partial charge on any atom is -0.374 e. The molecule has 1 fully saturated rings. The van der Waals surface area contributed by atoms with Crippen molar-refractivity contribution >= 4 is 5.69 Å². The largest absolute Gasteiger partial charge is 0.374 e. The van der Waals surface area contributed by atoms with Crippen LogP contribution in [0.2, 0.25) is 0 Å². The molecule has 104 valence electrons. The molecule has 1 saturated carbocycles. The topological polar surface area (TPSA) is 15.3 Å². The molecule has 0 radical (unpaired) electrons. The van der Waals surface area contributed by atoms with E-state index in [4.69, 9.17) is 0 Å². The van der Waals surface area contributed by atoms with Crippen LogP contribution < -0.4 is 10.2 Å². The van der Waals surface area contributed by atoms with E-state index < -0.39 is 0 Å². The number of likely N-dealkylation sites (N-methyl/N-ethyl adjacent to an activating group) is 1. The van der Waals surface area contributed by atoms with E-state index in [2.05, 4.69) is 42.4 Å². The van der Waals surface area contributed by atoms with Crippen LogP contribution in [-0.2, 0) is 13.0 Å². The first kappa shape index (κ1) is 13.0. The molecule has 1 aromatic rings. The molecule has 19 heavy (non-hydrogen) atoms. The Morgan fingerprint density at radius 1 is 1.32 bits per heavy atom. The molecule has 1 aliphatic heterocycles. The van der Waals surface area contributed by atoms with Crippen LogP contribution in [0.15, 0.2) is 18.2 Å². The lowest BCUT2D eigenvalue weighted by molar-refractivity contribution is 0.380. The van der Waals surface area contributed by atoms with Gasteiger partial charge in [-0.15, -0.1) is 0 Å². The third kappa shape index (κ3) is 2.79. The minimum atomic E-state index is 0.665. The lowest BCUT2D eigenvalue weighted by Crippen LogP contribution is -2.31. The third-order valence-electron chi connectivity index (χ3n) is 5.01. The number of nitrogens with zero attached hydrogens (tertiary/aromatic N) is 1. The number of benzene rings is 1. The average Bonchev–Trinajstić information content (AvgIpc) is 3.06. The second-order valence-corrected chi connectivity index (χ2v) is 6.35. The molecule has 1 heterocycles. The Morgan fingerprint density at radius 2 is 2.11 bits per heavy atom. The lowest BCUT2D eigenvalue weighted by Gasteiger charge is -2.20. The van der Waals surface area contributed by atoms with Gasteiger partial charge in [-0.05, 0) is 49.3 Å². The van der Waals surface area contributed by atoms with Gasteiger partial charge >= 0.3 is 0 Å². The summed E-state index contributed by atoms with van der Waals surface area (Å²) in [5.74, 6) is 0.903. The summed E-state index contributed by atoms with van der Waals surface area (Å²) in [7, 11) is 2.19. The van der Waals surface area contributed by atoms with Crippen molar-refractivity contribution < 1.29 is 0 Å². The van der Waals surface area contributed by atoms with Crippen LogP contribution in [0.5, 0.6) is 0 Å². The summed E-state index contributed by atoms with van der Waals surface area (Å²) in [4.78, 5) is 2.35. The van der Waals surface area contributed by atoms with Gasteiger partial charge in [0.05, 0.1) is 0 Å². The molecule has 2 aliphatic rings. The molecule has 0 spiro atoms. The van der Waals surface area contributed by atoms with Crippen LogP contribution in [0.25, 0.3) is 0 Å². The summed E-state index contributed by atoms with van der Waals surface area (Å²) in [5, 5.41) is 3.73. The van der Waals surface area contributed by atoms with Gasteiger partial charge in [0.1, 0.15) is 0 Å². The van der Waals surface area contributed by atoms with Crippen LogP contribution >= 0.6 is 0 Å². The van der Waals surface area contributed by atoms with Crippen molar-refractivity contribution in [2.75, 3.05) is 18.5 Å². The van der Waals surface area contributed by atoms with Gasteiger partial charge in [0.2, 0.25) is 0 Å². The number of fused-ring (bicyclic) bond motifs is 1. The van der Waals surface area contributed by atoms with Gasteiger partial charge in [-0.1, -0.05) is 25.0 Å². The molecule has 1 atom stereocenters. The molecular formula is C17H26N2. The Hall–Kier alpha value is -1.02. The second kappa shape index (κ2) is 5.54. The number of nitrogens with one attached hydrogen (secondary N) is 1. The van der Waals surface area contributed by atoms with E-state index in [0.717, 1.165) is 12.5 Å². The Labute approximate surface area is 117 Å².